The number of nitrogens with one attached hydrogen (secondary N) is 1. The minimum Gasteiger partial charge on any atom is -0.507 e. The molecule has 1 unspecified atom stereocenters. The highest BCUT2D eigenvalue weighted by atomic mass is 16.5. The fraction of sp³-hybridized carbons (Fsp3) is 0.148. The number of hydrogen-bond acceptors (Lipinski definition) is 6. The van der Waals surface area contributed by atoms with Crippen LogP contribution in [-0.2, 0) is 14.4 Å². The van der Waals surface area contributed by atoms with Gasteiger partial charge in [-0.25, -0.2) is 0 Å². The number of benzene rings is 3. The molecule has 8 nitrogen and oxygen atoms in total. The Kier molecular flexibility index (Phi) is 6.55. The van der Waals surface area contributed by atoms with E-state index in [2.05, 4.69) is 5.32 Å². The number of amides is 2. The van der Waals surface area contributed by atoms with Crippen molar-refractivity contribution in [1.29, 1.82) is 0 Å². The van der Waals surface area contributed by atoms with E-state index < -0.39 is 17.7 Å². The van der Waals surface area contributed by atoms with Crippen LogP contribution in [0, 0.1) is 0 Å². The van der Waals surface area contributed by atoms with Crippen molar-refractivity contribution in [2.75, 3.05) is 24.4 Å². The van der Waals surface area contributed by atoms with E-state index in [1.54, 1.807) is 72.8 Å². The highest BCUT2D eigenvalue weighted by Gasteiger charge is 2.47. The van der Waals surface area contributed by atoms with Crippen molar-refractivity contribution in [3.05, 3.63) is 89.5 Å². The summed E-state index contributed by atoms with van der Waals surface area (Å²) in [4.78, 5) is 39.3. The molecule has 0 bridgehead atoms. The molecule has 0 radical (unpaired) electrons. The highest BCUT2D eigenvalue weighted by Crippen LogP contribution is 2.44. The average Bonchev–Trinajstić information content (AvgIpc) is 3.14. The molecule has 0 spiro atoms. The molecule has 1 aliphatic rings. The van der Waals surface area contributed by atoms with Gasteiger partial charge in [-0.05, 0) is 54.1 Å². The first-order chi connectivity index (χ1) is 16.8. The number of aliphatic hydroxyl groups excluding tert-OH is 1. The number of anilines is 2. The number of ketones is 1. The van der Waals surface area contributed by atoms with E-state index >= 15 is 0 Å². The minimum atomic E-state index is -0.929. The second kappa shape index (κ2) is 9.72. The number of carbonyl (C=O) groups excluding carboxylic acids is 3. The molecule has 3 aromatic carbocycles. The van der Waals surface area contributed by atoms with Crippen LogP contribution in [0.1, 0.15) is 24.1 Å². The first-order valence-corrected chi connectivity index (χ1v) is 10.8. The Hall–Kier alpha value is -4.59. The van der Waals surface area contributed by atoms with Gasteiger partial charge in [-0.15, -0.1) is 0 Å². The zero-order chi connectivity index (χ0) is 25.1. The quantitative estimate of drug-likeness (QED) is 0.315. The number of Topliss-reactive ketones (excluding diaryl/α,β-unsaturated/α-hetero) is 1. The van der Waals surface area contributed by atoms with E-state index in [1.807, 2.05) is 0 Å². The van der Waals surface area contributed by atoms with Crippen LogP contribution >= 0.6 is 0 Å². The van der Waals surface area contributed by atoms with Gasteiger partial charge in [0.15, 0.2) is 0 Å². The Morgan fingerprint density at radius 2 is 1.66 bits per heavy atom. The Morgan fingerprint density at radius 1 is 0.943 bits per heavy atom. The fourth-order valence-electron chi connectivity index (χ4n) is 4.12. The standard InChI is InChI=1S/C27H24N2O6/c1-16(30)28-18-11-13-19(14-12-18)29-24(17-7-6-8-20(15-17)34-2)23(26(32)27(29)33)25(31)21-9-4-5-10-22(21)35-3/h4-15,24,31H,1-3H3,(H,28,30)/b25-23-. The lowest BCUT2D eigenvalue weighted by molar-refractivity contribution is -0.132. The van der Waals surface area contributed by atoms with Gasteiger partial charge in [-0.1, -0.05) is 24.3 Å². The predicted molar refractivity (Wildman–Crippen MR) is 132 cm³/mol. The number of carbonyl (C=O) groups is 3. The summed E-state index contributed by atoms with van der Waals surface area (Å²) in [6.07, 6.45) is 0. The van der Waals surface area contributed by atoms with Crippen LogP contribution in [-0.4, -0.2) is 36.9 Å². The Bertz CT molecular complexity index is 1330. The first kappa shape index (κ1) is 23.6. The van der Waals surface area contributed by atoms with Crippen LogP contribution in [0.3, 0.4) is 0 Å². The van der Waals surface area contributed by atoms with Crippen LogP contribution in [0.15, 0.2) is 78.4 Å². The third-order valence-corrected chi connectivity index (χ3v) is 5.68. The molecule has 4 rings (SSSR count). The van der Waals surface area contributed by atoms with E-state index in [0.29, 0.717) is 34.0 Å². The van der Waals surface area contributed by atoms with Gasteiger partial charge in [0.1, 0.15) is 17.3 Å². The van der Waals surface area contributed by atoms with Crippen molar-refractivity contribution in [2.24, 2.45) is 0 Å². The zero-order valence-corrected chi connectivity index (χ0v) is 19.4. The minimum absolute atomic E-state index is 0.0707. The Balaban J connectivity index is 1.92. The van der Waals surface area contributed by atoms with E-state index in [0.717, 1.165) is 0 Å². The average molecular weight is 472 g/mol. The van der Waals surface area contributed by atoms with Crippen molar-refractivity contribution in [3.8, 4) is 11.5 Å². The molecule has 1 aliphatic heterocycles. The fourth-order valence-corrected chi connectivity index (χ4v) is 4.12. The highest BCUT2D eigenvalue weighted by molar-refractivity contribution is 6.51. The molecule has 0 saturated carbocycles. The van der Waals surface area contributed by atoms with Gasteiger partial charge in [0.2, 0.25) is 5.91 Å². The van der Waals surface area contributed by atoms with Gasteiger partial charge in [-0.2, -0.15) is 0 Å². The zero-order valence-electron chi connectivity index (χ0n) is 19.4. The molecule has 0 aromatic heterocycles. The van der Waals surface area contributed by atoms with Gasteiger partial charge in [0, 0.05) is 18.3 Å². The van der Waals surface area contributed by atoms with Crippen LogP contribution in [0.2, 0.25) is 0 Å². The topological polar surface area (TPSA) is 105 Å². The molecule has 1 fully saturated rings. The summed E-state index contributed by atoms with van der Waals surface area (Å²) in [5.74, 6) is -1.29. The van der Waals surface area contributed by atoms with E-state index in [1.165, 1.54) is 26.0 Å². The van der Waals surface area contributed by atoms with E-state index in [4.69, 9.17) is 9.47 Å². The predicted octanol–water partition coefficient (Wildman–Crippen LogP) is 4.29. The molecule has 2 N–H and O–H groups in total. The maximum absolute atomic E-state index is 13.3. The monoisotopic (exact) mass is 472 g/mol. The second-order valence-corrected chi connectivity index (χ2v) is 7.87. The largest absolute Gasteiger partial charge is 0.507 e. The van der Waals surface area contributed by atoms with Crippen molar-refractivity contribution < 1.29 is 29.0 Å². The summed E-state index contributed by atoms with van der Waals surface area (Å²) in [5.41, 5.74) is 1.77. The van der Waals surface area contributed by atoms with Crippen LogP contribution in [0.25, 0.3) is 5.76 Å². The molecule has 1 heterocycles. The maximum atomic E-state index is 13.3. The number of aliphatic hydroxyl groups is 1. The van der Waals surface area contributed by atoms with Crippen molar-refractivity contribution in [1.82, 2.24) is 0 Å². The summed E-state index contributed by atoms with van der Waals surface area (Å²) >= 11 is 0. The van der Waals surface area contributed by atoms with Gasteiger partial charge in [0.25, 0.3) is 11.7 Å². The third kappa shape index (κ3) is 4.46. The molecule has 8 heteroatoms. The summed E-state index contributed by atoms with van der Waals surface area (Å²) in [6.45, 7) is 1.40. The number of rotatable bonds is 6. The molecular weight excluding hydrogens is 448 g/mol. The lowest BCUT2D eigenvalue weighted by Crippen LogP contribution is -2.29. The summed E-state index contributed by atoms with van der Waals surface area (Å²) < 4.78 is 10.7. The molecule has 178 valence electrons. The van der Waals surface area contributed by atoms with E-state index in [9.17, 15) is 19.5 Å². The number of para-hydroxylation sites is 1. The Labute approximate surface area is 202 Å². The summed E-state index contributed by atoms with van der Waals surface area (Å²) in [7, 11) is 2.98. The number of nitrogens with zero attached hydrogens (tertiary/aromatic N) is 1. The molecule has 1 atom stereocenters. The van der Waals surface area contributed by atoms with Gasteiger partial charge in [0.05, 0.1) is 31.4 Å². The molecular formula is C27H24N2O6. The number of methoxy groups -OCH3 is 2. The first-order valence-electron chi connectivity index (χ1n) is 10.8. The number of hydrogen-bond donors (Lipinski definition) is 2. The van der Waals surface area contributed by atoms with Crippen LogP contribution < -0.4 is 19.7 Å². The normalized spacial score (nSPS) is 16.8. The summed E-state index contributed by atoms with van der Waals surface area (Å²) in [5, 5.41) is 14.0. The molecule has 2 amide bonds. The molecule has 1 saturated heterocycles. The lowest BCUT2D eigenvalue weighted by atomic mass is 9.94. The van der Waals surface area contributed by atoms with Gasteiger partial charge >= 0.3 is 0 Å². The van der Waals surface area contributed by atoms with Crippen molar-refractivity contribution in [3.63, 3.8) is 0 Å². The van der Waals surface area contributed by atoms with Crippen molar-refractivity contribution in [2.45, 2.75) is 13.0 Å². The Morgan fingerprint density at radius 3 is 2.31 bits per heavy atom. The van der Waals surface area contributed by atoms with Crippen molar-refractivity contribution >= 4 is 34.7 Å². The number of ether oxygens (including phenoxy) is 2. The maximum Gasteiger partial charge on any atom is 0.300 e. The smallest absolute Gasteiger partial charge is 0.300 e. The van der Waals surface area contributed by atoms with Crippen LogP contribution in [0.5, 0.6) is 11.5 Å². The SMILES string of the molecule is COc1cccc(C2/C(=C(/O)c3ccccc3OC)C(=O)C(=O)N2c2ccc(NC(C)=O)cc2)c1. The van der Waals surface area contributed by atoms with E-state index in [-0.39, 0.29) is 17.2 Å². The lowest BCUT2D eigenvalue weighted by Gasteiger charge is -2.26. The van der Waals surface area contributed by atoms with Gasteiger partial charge in [-0.3, -0.25) is 19.3 Å². The molecule has 3 aromatic rings. The van der Waals surface area contributed by atoms with Gasteiger partial charge < -0.3 is 19.9 Å². The summed E-state index contributed by atoms with van der Waals surface area (Å²) in [6, 6.07) is 19.3. The second-order valence-electron chi connectivity index (χ2n) is 7.87. The van der Waals surface area contributed by atoms with Crippen LogP contribution in [0.4, 0.5) is 11.4 Å². The third-order valence-electron chi connectivity index (χ3n) is 5.68. The molecule has 0 aliphatic carbocycles. The molecule has 35 heavy (non-hydrogen) atoms.